The van der Waals surface area contributed by atoms with Gasteiger partial charge in [-0.15, -0.1) is 0 Å². The average Bonchev–Trinajstić information content (AvgIpc) is 2.66. The second kappa shape index (κ2) is 4.89. The third-order valence-electron chi connectivity index (χ3n) is 2.80. The number of aldehydes is 1. The van der Waals surface area contributed by atoms with Gasteiger partial charge >= 0.3 is 5.69 Å². The number of hydrogen-bond acceptors (Lipinski definition) is 5. The zero-order valence-electron chi connectivity index (χ0n) is 10.5. The molecule has 0 saturated heterocycles. The fourth-order valence-electron chi connectivity index (χ4n) is 1.82. The first kappa shape index (κ1) is 12.7. The molecule has 0 bridgehead atoms. The molecule has 1 N–H and O–H groups in total. The minimum absolute atomic E-state index is 0.123. The van der Waals surface area contributed by atoms with Gasteiger partial charge in [-0.05, 0) is 26.0 Å². The van der Waals surface area contributed by atoms with Crippen molar-refractivity contribution in [3.63, 3.8) is 0 Å². The Hall–Kier alpha value is -2.70. The standard InChI is InChI=1S/C12H12N4O3/c1-8-6-10(7-17)9(2)15(8)14-12-11(16(18)19)4-3-5-13-12/h3-7H,1-2H3,(H,13,14). The van der Waals surface area contributed by atoms with Crippen molar-refractivity contribution in [3.05, 3.63) is 51.5 Å². The third-order valence-corrected chi connectivity index (χ3v) is 2.80. The molecule has 0 saturated carbocycles. The number of carbonyl (C=O) groups excluding carboxylic acids is 1. The summed E-state index contributed by atoms with van der Waals surface area (Å²) < 4.78 is 1.60. The zero-order chi connectivity index (χ0) is 14.0. The van der Waals surface area contributed by atoms with Crippen LogP contribution in [0.3, 0.4) is 0 Å². The molecule has 7 nitrogen and oxygen atoms in total. The van der Waals surface area contributed by atoms with E-state index in [9.17, 15) is 14.9 Å². The predicted molar refractivity (Wildman–Crippen MR) is 69.2 cm³/mol. The van der Waals surface area contributed by atoms with Crippen LogP contribution in [0, 0.1) is 24.0 Å². The largest absolute Gasteiger partial charge is 0.313 e. The van der Waals surface area contributed by atoms with E-state index in [0.29, 0.717) is 11.3 Å². The number of anilines is 1. The molecule has 0 radical (unpaired) electrons. The Balaban J connectivity index is 2.45. The lowest BCUT2D eigenvalue weighted by molar-refractivity contribution is -0.384. The fraction of sp³-hybridized carbons (Fsp3) is 0.167. The van der Waals surface area contributed by atoms with Gasteiger partial charge in [-0.1, -0.05) is 0 Å². The van der Waals surface area contributed by atoms with Crippen molar-refractivity contribution < 1.29 is 9.72 Å². The Morgan fingerprint density at radius 1 is 1.47 bits per heavy atom. The summed E-state index contributed by atoms with van der Waals surface area (Å²) in [4.78, 5) is 25.2. The van der Waals surface area contributed by atoms with Crippen molar-refractivity contribution in [2.24, 2.45) is 0 Å². The van der Waals surface area contributed by atoms with Crippen molar-refractivity contribution in [2.75, 3.05) is 5.43 Å². The summed E-state index contributed by atoms with van der Waals surface area (Å²) in [5.41, 5.74) is 4.70. The molecular weight excluding hydrogens is 248 g/mol. The Morgan fingerprint density at radius 3 is 2.79 bits per heavy atom. The highest BCUT2D eigenvalue weighted by molar-refractivity contribution is 5.77. The number of aromatic nitrogens is 2. The van der Waals surface area contributed by atoms with Gasteiger partial charge in [0.15, 0.2) is 6.29 Å². The molecule has 0 aromatic carbocycles. The molecule has 0 fully saturated rings. The molecule has 0 aliphatic heterocycles. The molecule has 0 aliphatic carbocycles. The maximum Gasteiger partial charge on any atom is 0.313 e. The van der Waals surface area contributed by atoms with Crippen LogP contribution in [0.4, 0.5) is 11.5 Å². The van der Waals surface area contributed by atoms with Crippen LogP contribution in [0.1, 0.15) is 21.7 Å². The number of nitrogens with one attached hydrogen (secondary N) is 1. The molecule has 98 valence electrons. The quantitative estimate of drug-likeness (QED) is 0.516. The van der Waals surface area contributed by atoms with E-state index in [1.165, 1.54) is 18.3 Å². The molecule has 0 atom stereocenters. The molecule has 2 aromatic rings. The minimum atomic E-state index is -0.510. The fourth-order valence-corrected chi connectivity index (χ4v) is 1.82. The average molecular weight is 260 g/mol. The SMILES string of the molecule is Cc1cc(C=O)c(C)n1Nc1ncccc1[N+](=O)[O-]. The Labute approximate surface area is 109 Å². The van der Waals surface area contributed by atoms with E-state index in [1.54, 1.807) is 24.6 Å². The second-order valence-corrected chi connectivity index (χ2v) is 4.02. The van der Waals surface area contributed by atoms with Gasteiger partial charge in [-0.25, -0.2) is 4.98 Å². The van der Waals surface area contributed by atoms with E-state index in [4.69, 9.17) is 0 Å². The van der Waals surface area contributed by atoms with E-state index >= 15 is 0 Å². The van der Waals surface area contributed by atoms with Crippen LogP contribution in [0.15, 0.2) is 24.4 Å². The maximum absolute atomic E-state index is 10.9. The van der Waals surface area contributed by atoms with E-state index < -0.39 is 4.92 Å². The lowest BCUT2D eigenvalue weighted by Crippen LogP contribution is -2.15. The highest BCUT2D eigenvalue weighted by Gasteiger charge is 2.16. The summed E-state index contributed by atoms with van der Waals surface area (Å²) in [6, 6.07) is 4.56. The topological polar surface area (TPSA) is 90.1 Å². The molecule has 0 unspecified atom stereocenters. The summed E-state index contributed by atoms with van der Waals surface area (Å²) in [7, 11) is 0. The predicted octanol–water partition coefficient (Wildman–Crippen LogP) is 2.10. The van der Waals surface area contributed by atoms with Crippen molar-refractivity contribution in [1.29, 1.82) is 0 Å². The molecule has 2 rings (SSSR count). The van der Waals surface area contributed by atoms with E-state index in [1.807, 2.05) is 0 Å². The van der Waals surface area contributed by atoms with Gasteiger partial charge in [0.1, 0.15) is 0 Å². The lowest BCUT2D eigenvalue weighted by atomic mass is 10.3. The van der Waals surface area contributed by atoms with Crippen LogP contribution in [0.5, 0.6) is 0 Å². The molecule has 2 heterocycles. The molecule has 0 spiro atoms. The van der Waals surface area contributed by atoms with Gasteiger partial charge in [0.2, 0.25) is 5.82 Å². The Bertz CT molecular complexity index is 648. The highest BCUT2D eigenvalue weighted by atomic mass is 16.6. The van der Waals surface area contributed by atoms with E-state index in [2.05, 4.69) is 10.4 Å². The lowest BCUT2D eigenvalue weighted by Gasteiger charge is -2.11. The monoisotopic (exact) mass is 260 g/mol. The molecule has 0 aliphatic rings. The van der Waals surface area contributed by atoms with Crippen LogP contribution in [0.25, 0.3) is 0 Å². The van der Waals surface area contributed by atoms with Crippen LogP contribution >= 0.6 is 0 Å². The van der Waals surface area contributed by atoms with Crippen LogP contribution in [-0.4, -0.2) is 20.9 Å². The Kier molecular flexibility index (Phi) is 3.28. The van der Waals surface area contributed by atoms with Crippen molar-refractivity contribution in [3.8, 4) is 0 Å². The summed E-state index contributed by atoms with van der Waals surface area (Å²) in [6.07, 6.45) is 2.21. The van der Waals surface area contributed by atoms with Gasteiger partial charge in [0.05, 0.1) is 4.92 Å². The zero-order valence-corrected chi connectivity index (χ0v) is 10.5. The third kappa shape index (κ3) is 2.30. The van der Waals surface area contributed by atoms with Crippen LogP contribution in [-0.2, 0) is 0 Å². The highest BCUT2D eigenvalue weighted by Crippen LogP contribution is 2.22. The number of pyridine rings is 1. The van der Waals surface area contributed by atoms with Crippen LogP contribution in [0.2, 0.25) is 0 Å². The van der Waals surface area contributed by atoms with Gasteiger partial charge < -0.3 is 0 Å². The summed E-state index contributed by atoms with van der Waals surface area (Å²) in [5.74, 6) is 0.131. The summed E-state index contributed by atoms with van der Waals surface area (Å²) in [5, 5.41) is 10.9. The molecule has 19 heavy (non-hydrogen) atoms. The van der Waals surface area contributed by atoms with Gasteiger partial charge in [0, 0.05) is 29.2 Å². The number of aryl methyl sites for hydroxylation is 1. The first-order valence-corrected chi connectivity index (χ1v) is 5.55. The van der Waals surface area contributed by atoms with Crippen molar-refractivity contribution in [1.82, 2.24) is 9.66 Å². The molecular formula is C12H12N4O3. The number of carbonyl (C=O) groups is 1. The molecule has 2 aromatic heterocycles. The number of hydrogen-bond donors (Lipinski definition) is 1. The van der Waals surface area contributed by atoms with E-state index in [0.717, 1.165) is 12.0 Å². The van der Waals surface area contributed by atoms with Crippen molar-refractivity contribution in [2.45, 2.75) is 13.8 Å². The van der Waals surface area contributed by atoms with Gasteiger partial charge in [-0.3, -0.25) is 25.0 Å². The van der Waals surface area contributed by atoms with Crippen molar-refractivity contribution >= 4 is 17.8 Å². The number of nitrogens with zero attached hydrogens (tertiary/aromatic N) is 3. The normalized spacial score (nSPS) is 10.2. The first-order valence-electron chi connectivity index (χ1n) is 5.55. The Morgan fingerprint density at radius 2 is 2.21 bits per heavy atom. The second-order valence-electron chi connectivity index (χ2n) is 4.02. The smallest absolute Gasteiger partial charge is 0.298 e. The first-order chi connectivity index (χ1) is 9.04. The van der Waals surface area contributed by atoms with Gasteiger partial charge in [0.25, 0.3) is 0 Å². The van der Waals surface area contributed by atoms with E-state index in [-0.39, 0.29) is 11.5 Å². The number of nitro groups is 1. The number of rotatable bonds is 4. The minimum Gasteiger partial charge on any atom is -0.298 e. The summed E-state index contributed by atoms with van der Waals surface area (Å²) >= 11 is 0. The maximum atomic E-state index is 10.9. The molecule has 7 heteroatoms. The summed E-state index contributed by atoms with van der Waals surface area (Å²) in [6.45, 7) is 3.54. The van der Waals surface area contributed by atoms with Gasteiger partial charge in [-0.2, -0.15) is 0 Å². The molecule has 0 amide bonds. The van der Waals surface area contributed by atoms with Crippen LogP contribution < -0.4 is 5.43 Å².